The van der Waals surface area contributed by atoms with Crippen LogP contribution in [-0.4, -0.2) is 39.2 Å². The highest BCUT2D eigenvalue weighted by molar-refractivity contribution is 7.99. The molecule has 0 spiro atoms. The lowest BCUT2D eigenvalue weighted by molar-refractivity contribution is 0.0697. The Labute approximate surface area is 252 Å². The molecule has 6 nitrogen and oxygen atoms in total. The molecule has 0 radical (unpaired) electrons. The molecule has 0 aliphatic carbocycles. The van der Waals surface area contributed by atoms with Crippen LogP contribution in [0.25, 0.3) is 33.5 Å². The van der Waals surface area contributed by atoms with E-state index in [0.717, 1.165) is 46.6 Å². The number of nitrogens with zero attached hydrogens (tertiary/aromatic N) is 2. The van der Waals surface area contributed by atoms with Gasteiger partial charge < -0.3 is 19.1 Å². The summed E-state index contributed by atoms with van der Waals surface area (Å²) in [6, 6.07) is 23.2. The zero-order chi connectivity index (χ0) is 29.2. The van der Waals surface area contributed by atoms with Crippen molar-refractivity contribution in [2.45, 2.75) is 25.5 Å². The maximum Gasteiger partial charge on any atom is 0.335 e. The van der Waals surface area contributed by atoms with E-state index in [-0.39, 0.29) is 18.2 Å². The van der Waals surface area contributed by atoms with Gasteiger partial charge in [0.15, 0.2) is 0 Å². The molecule has 1 aliphatic heterocycles. The molecular formula is C33H28ClFN2O4S. The van der Waals surface area contributed by atoms with Gasteiger partial charge in [-0.3, -0.25) is 0 Å². The molecule has 0 bridgehead atoms. The van der Waals surface area contributed by atoms with Crippen LogP contribution in [0.4, 0.5) is 4.39 Å². The lowest BCUT2D eigenvalue weighted by Gasteiger charge is -2.25. The molecule has 0 amide bonds. The number of ether oxygens (including phenoxy) is 2. The average molecular weight is 603 g/mol. The van der Waals surface area contributed by atoms with Crippen LogP contribution in [0.5, 0.6) is 11.5 Å². The number of carboxylic acid groups (broad SMARTS) is 1. The second kappa shape index (κ2) is 12.1. The van der Waals surface area contributed by atoms with Crippen molar-refractivity contribution < 1.29 is 23.8 Å². The van der Waals surface area contributed by atoms with Gasteiger partial charge in [0.2, 0.25) is 0 Å². The lowest BCUT2D eigenvalue weighted by Crippen LogP contribution is -2.16. The van der Waals surface area contributed by atoms with E-state index in [1.165, 1.54) is 6.07 Å². The van der Waals surface area contributed by atoms with Gasteiger partial charge in [-0.05, 0) is 90.1 Å². The number of hydrogen-bond acceptors (Lipinski definition) is 5. The first-order valence-electron chi connectivity index (χ1n) is 13.6. The van der Waals surface area contributed by atoms with Crippen LogP contribution >= 0.6 is 23.4 Å². The summed E-state index contributed by atoms with van der Waals surface area (Å²) in [6.07, 6.45) is 1.87. The lowest BCUT2D eigenvalue weighted by atomic mass is 10.00. The largest absolute Gasteiger partial charge is 0.497 e. The van der Waals surface area contributed by atoms with Crippen LogP contribution in [0.3, 0.4) is 0 Å². The molecule has 2 heterocycles. The molecule has 0 atom stereocenters. The van der Waals surface area contributed by atoms with E-state index in [1.54, 1.807) is 37.4 Å². The molecule has 1 aromatic heterocycles. The van der Waals surface area contributed by atoms with Crippen LogP contribution in [-0.2, 0) is 6.61 Å². The predicted molar refractivity (Wildman–Crippen MR) is 165 cm³/mol. The molecule has 42 heavy (non-hydrogen) atoms. The minimum Gasteiger partial charge on any atom is -0.497 e. The van der Waals surface area contributed by atoms with Crippen molar-refractivity contribution in [3.05, 3.63) is 101 Å². The molecule has 0 saturated carbocycles. The first-order chi connectivity index (χ1) is 20.4. The Balaban J connectivity index is 1.32. The number of rotatable bonds is 8. The molecule has 9 heteroatoms. The topological polar surface area (TPSA) is 73.6 Å². The number of aromatic nitrogens is 2. The highest BCUT2D eigenvalue weighted by atomic mass is 35.5. The first kappa shape index (κ1) is 28.1. The van der Waals surface area contributed by atoms with Gasteiger partial charge in [0.25, 0.3) is 0 Å². The van der Waals surface area contributed by atoms with E-state index in [2.05, 4.69) is 4.57 Å². The number of methoxy groups -OCH3 is 1. The quantitative estimate of drug-likeness (QED) is 0.192. The van der Waals surface area contributed by atoms with Gasteiger partial charge in [-0.25, -0.2) is 14.2 Å². The number of imidazole rings is 1. The normalized spacial score (nSPS) is 13.8. The van der Waals surface area contributed by atoms with Crippen molar-refractivity contribution in [3.8, 4) is 34.0 Å². The summed E-state index contributed by atoms with van der Waals surface area (Å²) in [5.41, 5.74) is 4.66. The summed E-state index contributed by atoms with van der Waals surface area (Å²) >= 11 is 7.99. The molecule has 1 saturated heterocycles. The Morgan fingerprint density at radius 3 is 2.45 bits per heavy atom. The van der Waals surface area contributed by atoms with Gasteiger partial charge in [0.1, 0.15) is 29.7 Å². The minimum atomic E-state index is -1.02. The number of halogens is 2. The Hall–Kier alpha value is -4.01. The molecule has 0 unspecified atom stereocenters. The number of hydrogen-bond donors (Lipinski definition) is 1. The molecule has 4 aromatic carbocycles. The van der Waals surface area contributed by atoms with Crippen molar-refractivity contribution >= 4 is 40.4 Å². The minimum absolute atomic E-state index is 0.150. The summed E-state index contributed by atoms with van der Waals surface area (Å²) in [6.45, 7) is 0.199. The number of fused-ring (bicyclic) bond motifs is 1. The number of carbonyl (C=O) groups is 1. The van der Waals surface area contributed by atoms with Crippen LogP contribution in [0.1, 0.15) is 34.8 Å². The molecule has 214 valence electrons. The number of thioether (sulfide) groups is 1. The SMILES string of the molecule is COc1ccc(-c2ccc(Cl)cc2)c(COc2ccc(-c3nc4cc(C(=O)O)ccc4n3C3CCSCC3)c(F)c2)c1. The van der Waals surface area contributed by atoms with E-state index in [4.69, 9.17) is 26.1 Å². The van der Waals surface area contributed by atoms with Gasteiger partial charge in [-0.2, -0.15) is 11.8 Å². The molecule has 1 N–H and O–H groups in total. The van der Waals surface area contributed by atoms with E-state index < -0.39 is 11.8 Å². The first-order valence-corrected chi connectivity index (χ1v) is 15.1. The monoisotopic (exact) mass is 602 g/mol. The maximum absolute atomic E-state index is 15.8. The third kappa shape index (κ3) is 5.69. The Morgan fingerprint density at radius 1 is 1.00 bits per heavy atom. The summed E-state index contributed by atoms with van der Waals surface area (Å²) in [5.74, 6) is 2.10. The second-order valence-electron chi connectivity index (χ2n) is 10.1. The van der Waals surface area contributed by atoms with Crippen LogP contribution < -0.4 is 9.47 Å². The third-order valence-electron chi connectivity index (χ3n) is 7.54. The Bertz CT molecular complexity index is 1770. The van der Waals surface area contributed by atoms with Gasteiger partial charge in [-0.15, -0.1) is 0 Å². The van der Waals surface area contributed by atoms with Crippen molar-refractivity contribution in [3.63, 3.8) is 0 Å². The highest BCUT2D eigenvalue weighted by Gasteiger charge is 2.25. The van der Waals surface area contributed by atoms with E-state index >= 15 is 4.39 Å². The summed E-state index contributed by atoms with van der Waals surface area (Å²) in [4.78, 5) is 16.3. The van der Waals surface area contributed by atoms with E-state index in [9.17, 15) is 9.90 Å². The van der Waals surface area contributed by atoms with Crippen LogP contribution in [0.15, 0.2) is 78.9 Å². The fourth-order valence-electron chi connectivity index (χ4n) is 5.39. The average Bonchev–Trinajstić information content (AvgIpc) is 3.39. The van der Waals surface area contributed by atoms with Crippen LogP contribution in [0, 0.1) is 5.82 Å². The summed E-state index contributed by atoms with van der Waals surface area (Å²) < 4.78 is 29.4. The molecular weight excluding hydrogens is 575 g/mol. The smallest absolute Gasteiger partial charge is 0.335 e. The Kier molecular flexibility index (Phi) is 8.09. The molecule has 1 fully saturated rings. The molecule has 6 rings (SSSR count). The summed E-state index contributed by atoms with van der Waals surface area (Å²) in [7, 11) is 1.61. The van der Waals surface area contributed by atoms with Gasteiger partial charge in [0, 0.05) is 22.7 Å². The van der Waals surface area contributed by atoms with Gasteiger partial charge in [-0.1, -0.05) is 29.8 Å². The summed E-state index contributed by atoms with van der Waals surface area (Å²) in [5, 5.41) is 10.1. The molecule has 5 aromatic rings. The van der Waals surface area contributed by atoms with Crippen molar-refractivity contribution in [2.24, 2.45) is 0 Å². The highest BCUT2D eigenvalue weighted by Crippen LogP contribution is 2.37. The Morgan fingerprint density at radius 2 is 1.74 bits per heavy atom. The second-order valence-corrected chi connectivity index (χ2v) is 11.8. The van der Waals surface area contributed by atoms with E-state index in [0.29, 0.717) is 33.4 Å². The predicted octanol–water partition coefficient (Wildman–Crippen LogP) is 8.52. The number of benzene rings is 4. The van der Waals surface area contributed by atoms with Crippen LogP contribution in [0.2, 0.25) is 5.02 Å². The zero-order valence-corrected chi connectivity index (χ0v) is 24.4. The van der Waals surface area contributed by atoms with Crippen molar-refractivity contribution in [1.29, 1.82) is 0 Å². The fraction of sp³-hybridized carbons (Fsp3) is 0.212. The third-order valence-corrected chi connectivity index (χ3v) is 8.84. The van der Waals surface area contributed by atoms with E-state index in [1.807, 2.05) is 54.2 Å². The van der Waals surface area contributed by atoms with Crippen molar-refractivity contribution in [2.75, 3.05) is 18.6 Å². The standard InChI is InChI=1S/C33H28ClFN2O4S/c1-40-25-7-9-27(20-2-5-23(34)6-3-20)22(16-25)19-41-26-8-10-28(29(35)18-26)32-36-30-17-21(33(38)39)4-11-31(30)37(32)24-12-14-42-15-13-24/h2-11,16-18,24H,12-15,19H2,1H3,(H,38,39). The zero-order valence-electron chi connectivity index (χ0n) is 22.8. The van der Waals surface area contributed by atoms with Crippen molar-refractivity contribution in [1.82, 2.24) is 9.55 Å². The number of aromatic carboxylic acids is 1. The molecule has 1 aliphatic rings. The van der Waals surface area contributed by atoms with Gasteiger partial charge in [0.05, 0.1) is 29.3 Å². The van der Waals surface area contributed by atoms with Gasteiger partial charge >= 0.3 is 5.97 Å². The fourth-order valence-corrected chi connectivity index (χ4v) is 6.60. The maximum atomic E-state index is 15.8. The number of carboxylic acids is 1.